The number of anilines is 1. The maximum atomic E-state index is 13.1. The zero-order chi connectivity index (χ0) is 24.8. The van der Waals surface area contributed by atoms with Crippen LogP contribution in [0.15, 0.2) is 24.3 Å². The van der Waals surface area contributed by atoms with Gasteiger partial charge in [-0.25, -0.2) is 0 Å². The molecule has 1 aliphatic rings. The van der Waals surface area contributed by atoms with Gasteiger partial charge in [-0.2, -0.15) is 18.3 Å². The van der Waals surface area contributed by atoms with Crippen molar-refractivity contribution in [2.24, 2.45) is 5.92 Å². The number of amides is 1. The zero-order valence-corrected chi connectivity index (χ0v) is 19.7. The number of aryl methyl sites for hydroxylation is 1. The highest BCUT2D eigenvalue weighted by molar-refractivity contribution is 7.20. The molecule has 0 atom stereocenters. The van der Waals surface area contributed by atoms with Gasteiger partial charge < -0.3 is 9.80 Å². The quantitative estimate of drug-likeness (QED) is 0.369. The van der Waals surface area contributed by atoms with E-state index in [9.17, 15) is 28.1 Å². The van der Waals surface area contributed by atoms with E-state index in [0.717, 1.165) is 34.6 Å². The van der Waals surface area contributed by atoms with Crippen molar-refractivity contribution in [3.05, 3.63) is 50.5 Å². The van der Waals surface area contributed by atoms with Crippen molar-refractivity contribution in [1.29, 1.82) is 0 Å². The summed E-state index contributed by atoms with van der Waals surface area (Å²) in [5.74, 6) is 0.282. The minimum absolute atomic E-state index is 0.122. The summed E-state index contributed by atoms with van der Waals surface area (Å²) in [6.07, 6.45) is -4.66. The summed E-state index contributed by atoms with van der Waals surface area (Å²) in [4.78, 5) is 28.6. The summed E-state index contributed by atoms with van der Waals surface area (Å²) >= 11 is 1.40. The van der Waals surface area contributed by atoms with Crippen molar-refractivity contribution in [2.75, 3.05) is 31.1 Å². The third-order valence-electron chi connectivity index (χ3n) is 5.76. The van der Waals surface area contributed by atoms with Gasteiger partial charge >= 0.3 is 6.18 Å². The smallest absolute Gasteiger partial charge is 0.362 e. The van der Waals surface area contributed by atoms with Crippen LogP contribution in [-0.4, -0.2) is 51.7 Å². The van der Waals surface area contributed by atoms with Crippen molar-refractivity contribution < 1.29 is 22.9 Å². The maximum Gasteiger partial charge on any atom is 0.416 e. The summed E-state index contributed by atoms with van der Waals surface area (Å²) in [6, 6.07) is 4.40. The molecule has 1 fully saturated rings. The number of nitrogens with zero attached hydrogens (tertiary/aromatic N) is 5. The summed E-state index contributed by atoms with van der Waals surface area (Å²) in [7, 11) is 0. The lowest BCUT2D eigenvalue weighted by Crippen LogP contribution is -2.48. The van der Waals surface area contributed by atoms with Crippen LogP contribution >= 0.6 is 11.3 Å². The number of fused-ring (bicyclic) bond motifs is 1. The third-order valence-corrected chi connectivity index (χ3v) is 6.90. The molecule has 0 spiro atoms. The van der Waals surface area contributed by atoms with Gasteiger partial charge in [-0.3, -0.25) is 19.6 Å². The Kier molecular flexibility index (Phi) is 6.28. The van der Waals surface area contributed by atoms with E-state index in [1.54, 1.807) is 9.80 Å². The van der Waals surface area contributed by atoms with Gasteiger partial charge in [-0.1, -0.05) is 13.8 Å². The van der Waals surface area contributed by atoms with Crippen LogP contribution in [0.4, 0.5) is 24.5 Å². The molecule has 12 heteroatoms. The lowest BCUT2D eigenvalue weighted by Gasteiger charge is -2.35. The highest BCUT2D eigenvalue weighted by Crippen LogP contribution is 2.37. The monoisotopic (exact) mass is 495 g/mol. The number of halogens is 3. The Labute approximate surface area is 197 Å². The molecular formula is C22H24F3N5O3S. The molecule has 0 unspecified atom stereocenters. The number of rotatable bonds is 5. The predicted octanol–water partition coefficient (Wildman–Crippen LogP) is 4.95. The number of thiophene rings is 1. The number of hydrogen-bond donors (Lipinski definition) is 0. The van der Waals surface area contributed by atoms with Crippen molar-refractivity contribution in [3.63, 3.8) is 0 Å². The standard InChI is InChI=1S/C22H24F3N5O3S/c1-13(2)12-29-21-16(14(3)26-29)11-19(34-21)20(31)28-8-6-27(7-9-28)17-5-4-15(22(23,24)25)10-18(17)30(32)33/h4-5,10-11,13H,6-9,12H2,1-3H3. The van der Waals surface area contributed by atoms with Gasteiger partial charge in [-0.05, 0) is 31.0 Å². The Bertz CT molecular complexity index is 1240. The lowest BCUT2D eigenvalue weighted by atomic mass is 10.1. The van der Waals surface area contributed by atoms with Crippen molar-refractivity contribution >= 4 is 38.8 Å². The van der Waals surface area contributed by atoms with Crippen molar-refractivity contribution in [1.82, 2.24) is 14.7 Å². The van der Waals surface area contributed by atoms with E-state index in [0.29, 0.717) is 30.0 Å². The molecule has 1 amide bonds. The van der Waals surface area contributed by atoms with Crippen LogP contribution in [0, 0.1) is 23.0 Å². The minimum atomic E-state index is -4.66. The normalized spacial score (nSPS) is 14.9. The van der Waals surface area contributed by atoms with E-state index in [2.05, 4.69) is 18.9 Å². The van der Waals surface area contributed by atoms with Crippen LogP contribution in [0.25, 0.3) is 10.2 Å². The van der Waals surface area contributed by atoms with Crippen molar-refractivity contribution in [2.45, 2.75) is 33.5 Å². The van der Waals surface area contributed by atoms with Gasteiger partial charge in [0.15, 0.2) is 0 Å². The molecule has 8 nitrogen and oxygen atoms in total. The van der Waals surface area contributed by atoms with Crippen LogP contribution in [0.5, 0.6) is 0 Å². The fraction of sp³-hybridized carbons (Fsp3) is 0.455. The molecule has 2 aromatic heterocycles. The molecular weight excluding hydrogens is 471 g/mol. The molecule has 0 N–H and O–H groups in total. The second-order valence-corrected chi connectivity index (χ2v) is 9.76. The molecule has 0 radical (unpaired) electrons. The van der Waals surface area contributed by atoms with Gasteiger partial charge in [0.25, 0.3) is 11.6 Å². The van der Waals surface area contributed by atoms with Gasteiger partial charge in [0.2, 0.25) is 0 Å². The van der Waals surface area contributed by atoms with Gasteiger partial charge in [0, 0.05) is 44.2 Å². The van der Waals surface area contributed by atoms with E-state index < -0.39 is 22.4 Å². The van der Waals surface area contributed by atoms with E-state index in [4.69, 9.17) is 0 Å². The predicted molar refractivity (Wildman–Crippen MR) is 123 cm³/mol. The number of benzene rings is 1. The molecule has 182 valence electrons. The summed E-state index contributed by atoms with van der Waals surface area (Å²) < 4.78 is 40.9. The second-order valence-electron chi connectivity index (χ2n) is 8.73. The number of piperazine rings is 1. The molecule has 1 saturated heterocycles. The summed E-state index contributed by atoms with van der Waals surface area (Å²) in [5.41, 5.74) is -0.668. The number of nitro benzene ring substituents is 1. The first-order valence-corrected chi connectivity index (χ1v) is 11.6. The Morgan fingerprint density at radius 1 is 1.21 bits per heavy atom. The first-order chi connectivity index (χ1) is 16.0. The zero-order valence-electron chi connectivity index (χ0n) is 18.9. The molecule has 1 aliphatic heterocycles. The SMILES string of the molecule is Cc1nn(CC(C)C)c2sc(C(=O)N3CCN(c4ccc(C(F)(F)F)cc4[N+](=O)[O-])CC3)cc12. The van der Waals surface area contributed by atoms with Crippen LogP contribution in [0.3, 0.4) is 0 Å². The number of aromatic nitrogens is 2. The van der Waals surface area contributed by atoms with E-state index in [1.165, 1.54) is 11.3 Å². The highest BCUT2D eigenvalue weighted by Gasteiger charge is 2.34. The Hall–Kier alpha value is -3.15. The largest absolute Gasteiger partial charge is 0.416 e. The Morgan fingerprint density at radius 2 is 1.88 bits per heavy atom. The Balaban J connectivity index is 1.50. The van der Waals surface area contributed by atoms with Crippen LogP contribution in [0.1, 0.15) is 34.8 Å². The maximum absolute atomic E-state index is 13.1. The van der Waals surface area contributed by atoms with Gasteiger partial charge in [0.1, 0.15) is 10.5 Å². The molecule has 0 bridgehead atoms. The number of hydrogen-bond acceptors (Lipinski definition) is 6. The first kappa shape index (κ1) is 24.0. The average Bonchev–Trinajstić information content (AvgIpc) is 3.33. The van der Waals surface area contributed by atoms with Gasteiger partial charge in [0.05, 0.1) is 21.1 Å². The second kappa shape index (κ2) is 8.90. The van der Waals surface area contributed by atoms with E-state index in [-0.39, 0.29) is 24.7 Å². The Morgan fingerprint density at radius 3 is 2.47 bits per heavy atom. The fourth-order valence-corrected chi connectivity index (χ4v) is 5.25. The molecule has 0 saturated carbocycles. The third kappa shape index (κ3) is 4.59. The number of carbonyl (C=O) groups excluding carboxylic acids is 1. The summed E-state index contributed by atoms with van der Waals surface area (Å²) in [6.45, 7) is 8.04. The van der Waals surface area contributed by atoms with Crippen LogP contribution in [0.2, 0.25) is 0 Å². The van der Waals surface area contributed by atoms with E-state index >= 15 is 0 Å². The topological polar surface area (TPSA) is 84.5 Å². The molecule has 3 aromatic rings. The highest BCUT2D eigenvalue weighted by atomic mass is 32.1. The minimum Gasteiger partial charge on any atom is -0.362 e. The fourth-order valence-electron chi connectivity index (χ4n) is 4.11. The number of carbonyl (C=O) groups is 1. The molecule has 0 aliphatic carbocycles. The average molecular weight is 496 g/mol. The first-order valence-electron chi connectivity index (χ1n) is 10.8. The summed E-state index contributed by atoms with van der Waals surface area (Å²) in [5, 5.41) is 16.9. The number of nitro groups is 1. The van der Waals surface area contributed by atoms with E-state index in [1.807, 2.05) is 17.7 Å². The molecule has 3 heterocycles. The molecule has 34 heavy (non-hydrogen) atoms. The lowest BCUT2D eigenvalue weighted by molar-refractivity contribution is -0.384. The van der Waals surface area contributed by atoms with Crippen LogP contribution < -0.4 is 4.90 Å². The van der Waals surface area contributed by atoms with Crippen LogP contribution in [-0.2, 0) is 12.7 Å². The molecule has 1 aromatic carbocycles. The van der Waals surface area contributed by atoms with Gasteiger partial charge in [-0.15, -0.1) is 11.3 Å². The number of alkyl halides is 3. The van der Waals surface area contributed by atoms with Crippen molar-refractivity contribution in [3.8, 4) is 0 Å². The molecule has 4 rings (SSSR count).